The molecule has 8 heteroatoms. The zero-order valence-electron chi connectivity index (χ0n) is 14.1. The third-order valence-electron chi connectivity index (χ3n) is 3.84. The Morgan fingerprint density at radius 3 is 2.57 bits per heavy atom. The van der Waals surface area contributed by atoms with Gasteiger partial charge in [0.1, 0.15) is 17.4 Å². The first-order chi connectivity index (χ1) is 13.5. The van der Waals surface area contributed by atoms with Gasteiger partial charge in [-0.3, -0.25) is 4.79 Å². The summed E-state index contributed by atoms with van der Waals surface area (Å²) < 4.78 is 5.87. The molecule has 0 saturated carbocycles. The largest absolute Gasteiger partial charge is 0.457 e. The predicted octanol–water partition coefficient (Wildman–Crippen LogP) is 7.43. The van der Waals surface area contributed by atoms with Crippen LogP contribution in [0.4, 0.5) is 10.5 Å². The van der Waals surface area contributed by atoms with Gasteiger partial charge in [0.25, 0.3) is 5.24 Å². The first-order valence-electron chi connectivity index (χ1n) is 8.09. The molecule has 1 aromatic heterocycles. The fraction of sp³-hybridized carbons (Fsp3) is 0. The second kappa shape index (κ2) is 8.05. The molecule has 2 heterocycles. The summed E-state index contributed by atoms with van der Waals surface area (Å²) in [4.78, 5) is 17.0. The molecule has 0 radical (unpaired) electrons. The fourth-order valence-corrected chi connectivity index (χ4v) is 3.79. The zero-order chi connectivity index (χ0) is 19.7. The van der Waals surface area contributed by atoms with Gasteiger partial charge in [0.2, 0.25) is 0 Å². The number of amides is 1. The van der Waals surface area contributed by atoms with E-state index in [1.807, 2.05) is 6.07 Å². The molecule has 28 heavy (non-hydrogen) atoms. The number of hydrogen-bond acceptors (Lipinski definition) is 4. The lowest BCUT2D eigenvalue weighted by Crippen LogP contribution is -2.18. The molecule has 1 aliphatic rings. The van der Waals surface area contributed by atoms with Crippen LogP contribution in [-0.4, -0.2) is 11.1 Å². The SMILES string of the molecule is O=C1NC(=Nc2ccc(Cl)cc2)/C(=C/c2ccc(-c3cccc(Cl)c3Cl)o2)S1. The molecule has 0 bridgehead atoms. The van der Waals surface area contributed by atoms with Crippen LogP contribution in [0.15, 0.2) is 68.9 Å². The first-order valence-corrected chi connectivity index (χ1v) is 10.0. The number of benzene rings is 2. The minimum atomic E-state index is -0.205. The Morgan fingerprint density at radius 1 is 1.00 bits per heavy atom. The molecule has 140 valence electrons. The van der Waals surface area contributed by atoms with Crippen LogP contribution in [0.2, 0.25) is 15.1 Å². The summed E-state index contributed by atoms with van der Waals surface area (Å²) in [5, 5.41) is 4.03. The van der Waals surface area contributed by atoms with Gasteiger partial charge in [0, 0.05) is 10.6 Å². The Morgan fingerprint density at radius 2 is 1.79 bits per heavy atom. The Kier molecular flexibility index (Phi) is 5.51. The number of halogens is 3. The number of thioether (sulfide) groups is 1. The van der Waals surface area contributed by atoms with Gasteiger partial charge < -0.3 is 9.73 Å². The lowest BCUT2D eigenvalue weighted by Gasteiger charge is -2.02. The Bertz CT molecular complexity index is 1120. The van der Waals surface area contributed by atoms with Gasteiger partial charge in [-0.25, -0.2) is 4.99 Å². The van der Waals surface area contributed by atoms with Crippen molar-refractivity contribution in [2.24, 2.45) is 4.99 Å². The maximum atomic E-state index is 11.9. The maximum absolute atomic E-state index is 11.9. The van der Waals surface area contributed by atoms with Crippen molar-refractivity contribution in [3.05, 3.63) is 80.3 Å². The van der Waals surface area contributed by atoms with Crippen molar-refractivity contribution in [1.82, 2.24) is 5.32 Å². The molecule has 1 fully saturated rings. The molecule has 3 aromatic rings. The molecule has 0 atom stereocenters. The number of aliphatic imine (C=N–C) groups is 1. The van der Waals surface area contributed by atoms with Crippen LogP contribution in [0, 0.1) is 0 Å². The molecular formula is C20H11Cl3N2O2S. The van der Waals surface area contributed by atoms with Gasteiger partial charge in [-0.2, -0.15) is 0 Å². The predicted molar refractivity (Wildman–Crippen MR) is 117 cm³/mol. The highest BCUT2D eigenvalue weighted by molar-refractivity contribution is 8.18. The lowest BCUT2D eigenvalue weighted by atomic mass is 10.2. The number of nitrogens with one attached hydrogen (secondary N) is 1. The van der Waals surface area contributed by atoms with Crippen molar-refractivity contribution in [3.8, 4) is 11.3 Å². The Labute approximate surface area is 180 Å². The van der Waals surface area contributed by atoms with E-state index in [-0.39, 0.29) is 5.24 Å². The van der Waals surface area contributed by atoms with Gasteiger partial charge in [-0.05, 0) is 66.4 Å². The summed E-state index contributed by atoms with van der Waals surface area (Å²) in [5.74, 6) is 1.60. The number of rotatable bonds is 3. The minimum absolute atomic E-state index is 0.205. The van der Waals surface area contributed by atoms with Crippen LogP contribution in [-0.2, 0) is 0 Å². The number of furan rings is 1. The number of carbonyl (C=O) groups excluding carboxylic acids is 1. The average molecular weight is 450 g/mol. The normalized spacial score (nSPS) is 16.8. The molecule has 2 aromatic carbocycles. The summed E-state index contributed by atoms with van der Waals surface area (Å²) >= 11 is 19.3. The van der Waals surface area contributed by atoms with E-state index in [0.717, 1.165) is 11.8 Å². The summed E-state index contributed by atoms with van der Waals surface area (Å²) in [5.41, 5.74) is 1.38. The quantitative estimate of drug-likeness (QED) is 0.452. The number of hydrogen-bond donors (Lipinski definition) is 1. The first kappa shape index (κ1) is 19.2. The molecule has 4 rings (SSSR count). The zero-order valence-corrected chi connectivity index (χ0v) is 17.2. The lowest BCUT2D eigenvalue weighted by molar-refractivity contribution is 0.265. The molecule has 0 spiro atoms. The van der Waals surface area contributed by atoms with Crippen LogP contribution in [0.1, 0.15) is 5.76 Å². The van der Waals surface area contributed by atoms with Crippen LogP contribution in [0.25, 0.3) is 17.4 Å². The third kappa shape index (κ3) is 4.13. The van der Waals surface area contributed by atoms with E-state index < -0.39 is 0 Å². The molecule has 1 aliphatic heterocycles. The third-order valence-corrected chi connectivity index (χ3v) is 5.73. The standard InChI is InChI=1S/C20H11Cl3N2O2S/c21-11-4-6-12(7-5-11)24-19-17(28-20(26)25-19)10-13-8-9-16(27-13)14-2-1-3-15(22)18(14)23/h1-10H,(H,24,25,26)/b17-10-. The van der Waals surface area contributed by atoms with Crippen LogP contribution < -0.4 is 5.32 Å². The minimum Gasteiger partial charge on any atom is -0.457 e. The van der Waals surface area contributed by atoms with Crippen LogP contribution in [0.5, 0.6) is 0 Å². The monoisotopic (exact) mass is 448 g/mol. The molecule has 1 amide bonds. The van der Waals surface area contributed by atoms with E-state index in [9.17, 15) is 4.79 Å². The smallest absolute Gasteiger partial charge is 0.289 e. The number of amidine groups is 1. The highest BCUT2D eigenvalue weighted by Crippen LogP contribution is 2.35. The second-order valence-electron chi connectivity index (χ2n) is 5.76. The van der Waals surface area contributed by atoms with Gasteiger partial charge >= 0.3 is 0 Å². The Hall–Kier alpha value is -2.18. The van der Waals surface area contributed by atoms with Crippen molar-refractivity contribution >= 4 is 69.4 Å². The van der Waals surface area contributed by atoms with E-state index in [0.29, 0.717) is 48.6 Å². The number of nitrogens with zero attached hydrogens (tertiary/aromatic N) is 1. The molecular weight excluding hydrogens is 439 g/mol. The molecule has 4 nitrogen and oxygen atoms in total. The van der Waals surface area contributed by atoms with E-state index in [2.05, 4.69) is 10.3 Å². The fourth-order valence-electron chi connectivity index (χ4n) is 2.56. The highest BCUT2D eigenvalue weighted by atomic mass is 35.5. The second-order valence-corrected chi connectivity index (χ2v) is 8.00. The topological polar surface area (TPSA) is 54.6 Å². The van der Waals surface area contributed by atoms with Crippen molar-refractivity contribution in [2.75, 3.05) is 0 Å². The molecule has 1 saturated heterocycles. The summed E-state index contributed by atoms with van der Waals surface area (Å²) in [6, 6.07) is 16.0. The molecule has 0 aliphatic carbocycles. The molecule has 1 N–H and O–H groups in total. The summed E-state index contributed by atoms with van der Waals surface area (Å²) in [6.45, 7) is 0. The van der Waals surface area contributed by atoms with E-state index in [1.165, 1.54) is 0 Å². The van der Waals surface area contributed by atoms with Crippen molar-refractivity contribution in [2.45, 2.75) is 0 Å². The highest BCUT2D eigenvalue weighted by Gasteiger charge is 2.24. The van der Waals surface area contributed by atoms with E-state index in [4.69, 9.17) is 39.2 Å². The molecule has 0 unspecified atom stereocenters. The van der Waals surface area contributed by atoms with E-state index >= 15 is 0 Å². The van der Waals surface area contributed by atoms with Gasteiger partial charge in [0.15, 0.2) is 0 Å². The van der Waals surface area contributed by atoms with Gasteiger partial charge in [-0.15, -0.1) is 0 Å². The van der Waals surface area contributed by atoms with Crippen LogP contribution >= 0.6 is 46.6 Å². The summed E-state index contributed by atoms with van der Waals surface area (Å²) in [7, 11) is 0. The van der Waals surface area contributed by atoms with Crippen molar-refractivity contribution < 1.29 is 9.21 Å². The van der Waals surface area contributed by atoms with E-state index in [1.54, 1.807) is 54.6 Å². The number of carbonyl (C=O) groups is 1. The Balaban J connectivity index is 1.66. The van der Waals surface area contributed by atoms with Gasteiger partial charge in [-0.1, -0.05) is 40.9 Å². The van der Waals surface area contributed by atoms with Crippen LogP contribution in [0.3, 0.4) is 0 Å². The van der Waals surface area contributed by atoms with Gasteiger partial charge in [0.05, 0.1) is 20.6 Å². The summed E-state index contributed by atoms with van der Waals surface area (Å²) in [6.07, 6.45) is 1.75. The van der Waals surface area contributed by atoms with Crippen molar-refractivity contribution in [3.63, 3.8) is 0 Å². The average Bonchev–Trinajstić information content (AvgIpc) is 3.26. The maximum Gasteiger partial charge on any atom is 0.289 e. The van der Waals surface area contributed by atoms with Crippen molar-refractivity contribution in [1.29, 1.82) is 0 Å².